The minimum atomic E-state index is -2.62. The van der Waals surface area contributed by atoms with Crippen LogP contribution in [0.2, 0.25) is 0 Å². The van der Waals surface area contributed by atoms with Crippen LogP contribution in [0.4, 0.5) is 0 Å². The zero-order valence-electron chi connectivity index (χ0n) is 8.07. The lowest BCUT2D eigenvalue weighted by Crippen LogP contribution is -1.54. The molecule has 0 bridgehead atoms. The van der Waals surface area contributed by atoms with Crippen molar-refractivity contribution in [3.63, 3.8) is 0 Å². The number of hydrogen-bond donors (Lipinski definition) is 9. The van der Waals surface area contributed by atoms with Crippen LogP contribution < -0.4 is 0 Å². The van der Waals surface area contributed by atoms with Crippen LogP contribution in [0, 0.1) is 0 Å². The Balaban J connectivity index is -0.0000000542. The molecule has 0 radical (unpaired) electrons. The van der Waals surface area contributed by atoms with E-state index >= 15 is 0 Å². The van der Waals surface area contributed by atoms with E-state index in [0.29, 0.717) is 0 Å². The molecule has 0 unspecified atom stereocenters. The molecular weight excluding hydrogens is 273 g/mol. The molecule has 12 heteroatoms. The van der Waals surface area contributed by atoms with E-state index in [1.54, 1.807) is 0 Å². The van der Waals surface area contributed by atoms with E-state index < -0.39 is 25.8 Å². The van der Waals surface area contributed by atoms with Crippen LogP contribution in [-0.2, 0) is 0 Å². The Bertz CT molecular complexity index is 58.5. The topological polar surface area (TPSA) is 182 Å². The molecule has 0 rings (SSSR count). The summed E-state index contributed by atoms with van der Waals surface area (Å²) in [5, 5.41) is 0. The first-order chi connectivity index (χ1) is 6.61. The Morgan fingerprint density at radius 2 is 0.533 bits per heavy atom. The van der Waals surface area contributed by atoms with Crippen molar-refractivity contribution in [1.82, 2.24) is 0 Å². The van der Waals surface area contributed by atoms with Crippen molar-refractivity contribution >= 4 is 25.8 Å². The molecule has 98 valence electrons. The fourth-order valence-electron chi connectivity index (χ4n) is 0. The predicted molar refractivity (Wildman–Crippen MR) is 56.7 cm³/mol. The third kappa shape index (κ3) is 2890. The molecule has 0 saturated heterocycles. The van der Waals surface area contributed by atoms with E-state index in [-0.39, 0.29) is 0 Å². The van der Waals surface area contributed by atoms with Crippen molar-refractivity contribution in [3.8, 4) is 0 Å². The Hall–Kier alpha value is 0.930. The summed E-state index contributed by atoms with van der Waals surface area (Å²) < 4.78 is 0. The number of rotatable bonds is 0. The summed E-state index contributed by atoms with van der Waals surface area (Å²) in [4.78, 5) is 65.1. The molecule has 0 spiro atoms. The van der Waals surface area contributed by atoms with E-state index in [2.05, 4.69) is 13.8 Å². The molecular formula is C3H17O9P3. The van der Waals surface area contributed by atoms with E-state index in [1.807, 2.05) is 0 Å². The molecule has 0 aromatic rings. The summed E-state index contributed by atoms with van der Waals surface area (Å²) in [5.41, 5.74) is 0. The van der Waals surface area contributed by atoms with Crippen molar-refractivity contribution < 1.29 is 44.0 Å². The van der Waals surface area contributed by atoms with Crippen molar-refractivity contribution in [2.24, 2.45) is 0 Å². The molecule has 0 aromatic heterocycles. The highest BCUT2D eigenvalue weighted by atomic mass is 31.2. The van der Waals surface area contributed by atoms with Crippen molar-refractivity contribution in [2.75, 3.05) is 0 Å². The fraction of sp³-hybridized carbons (Fsp3) is 1.00. The van der Waals surface area contributed by atoms with Gasteiger partial charge >= 0.3 is 25.8 Å². The smallest absolute Gasteiger partial charge is 0.324 e. The quantitative estimate of drug-likeness (QED) is 0.252. The van der Waals surface area contributed by atoms with Gasteiger partial charge in [0.25, 0.3) is 0 Å². The predicted octanol–water partition coefficient (Wildman–Crippen LogP) is -1.01. The minimum Gasteiger partial charge on any atom is -0.328 e. The summed E-state index contributed by atoms with van der Waals surface area (Å²) in [6.45, 7) is 4.25. The lowest BCUT2D eigenvalue weighted by atomic mass is 10.6. The van der Waals surface area contributed by atoms with E-state index in [9.17, 15) is 0 Å². The first kappa shape index (κ1) is 24.9. The third-order valence-corrected chi connectivity index (χ3v) is 0. The molecule has 0 aliphatic heterocycles. The van der Waals surface area contributed by atoms with Gasteiger partial charge in [0.15, 0.2) is 0 Å². The van der Waals surface area contributed by atoms with Gasteiger partial charge in [-0.05, 0) is 0 Å². The molecule has 0 amide bonds. The fourth-order valence-corrected chi connectivity index (χ4v) is 0. The molecule has 15 heavy (non-hydrogen) atoms. The minimum absolute atomic E-state index is 1.25. The Kier molecular flexibility index (Phi) is 40.3. The monoisotopic (exact) mass is 290 g/mol. The SMILES string of the molecule is CCC.OP(O)O.OP(O)O.OP(O)O. The molecule has 9 nitrogen and oxygen atoms in total. The summed E-state index contributed by atoms with van der Waals surface area (Å²) in [6.07, 6.45) is 1.25. The standard InChI is InChI=1S/C3H8.3H3O3P/c1-3-2;3*1-4(2)3/h3H2,1-2H3;3*1-3H. The summed E-state index contributed by atoms with van der Waals surface area (Å²) in [6, 6.07) is 0. The molecule has 0 atom stereocenters. The zero-order valence-corrected chi connectivity index (χ0v) is 10.8. The second kappa shape index (κ2) is 24.3. The van der Waals surface area contributed by atoms with Crippen molar-refractivity contribution in [2.45, 2.75) is 20.3 Å². The van der Waals surface area contributed by atoms with Gasteiger partial charge in [-0.25, -0.2) is 0 Å². The van der Waals surface area contributed by atoms with Crippen LogP contribution in [-0.4, -0.2) is 44.0 Å². The van der Waals surface area contributed by atoms with Gasteiger partial charge in [-0.3, -0.25) is 0 Å². The van der Waals surface area contributed by atoms with E-state index in [0.717, 1.165) is 0 Å². The van der Waals surface area contributed by atoms with Gasteiger partial charge in [-0.1, -0.05) is 20.3 Å². The van der Waals surface area contributed by atoms with Crippen LogP contribution in [0.15, 0.2) is 0 Å². The van der Waals surface area contributed by atoms with Gasteiger partial charge in [0, 0.05) is 0 Å². The number of hydrogen-bond acceptors (Lipinski definition) is 9. The van der Waals surface area contributed by atoms with Gasteiger partial charge in [-0.15, -0.1) is 0 Å². The first-order valence-corrected chi connectivity index (χ1v) is 6.81. The average Bonchev–Trinajstić information content (AvgIpc) is 1.81. The zero-order chi connectivity index (χ0) is 13.4. The maximum atomic E-state index is 7.23. The molecule has 0 aliphatic rings. The van der Waals surface area contributed by atoms with Gasteiger partial charge < -0.3 is 44.0 Å². The Morgan fingerprint density at radius 3 is 0.533 bits per heavy atom. The first-order valence-electron chi connectivity index (χ1n) is 3.21. The second-order valence-corrected chi connectivity index (χ2v) is 3.12. The second-order valence-electron chi connectivity index (χ2n) is 1.51. The van der Waals surface area contributed by atoms with Crippen LogP contribution in [0.5, 0.6) is 0 Å². The van der Waals surface area contributed by atoms with Crippen LogP contribution in [0.1, 0.15) is 20.3 Å². The largest absolute Gasteiger partial charge is 0.328 e. The van der Waals surface area contributed by atoms with E-state index in [4.69, 9.17) is 44.0 Å². The lowest BCUT2D eigenvalue weighted by Gasteiger charge is -1.76. The van der Waals surface area contributed by atoms with Gasteiger partial charge in [0.05, 0.1) is 0 Å². The van der Waals surface area contributed by atoms with Gasteiger partial charge in [-0.2, -0.15) is 0 Å². The average molecular weight is 290 g/mol. The van der Waals surface area contributed by atoms with Gasteiger partial charge in [0.2, 0.25) is 0 Å². The normalized spacial score (nSPS) is 8.40. The Labute approximate surface area is 90.9 Å². The highest BCUT2D eigenvalue weighted by Crippen LogP contribution is 2.12. The summed E-state index contributed by atoms with van der Waals surface area (Å²) >= 11 is 0. The third-order valence-electron chi connectivity index (χ3n) is 0. The van der Waals surface area contributed by atoms with Crippen LogP contribution >= 0.6 is 25.8 Å². The molecule has 0 fully saturated rings. The van der Waals surface area contributed by atoms with Crippen LogP contribution in [0.25, 0.3) is 0 Å². The maximum Gasteiger partial charge on any atom is 0.324 e. The summed E-state index contributed by atoms with van der Waals surface area (Å²) in [5.74, 6) is 0. The molecule has 0 aliphatic carbocycles. The highest BCUT2D eigenvalue weighted by molar-refractivity contribution is 7.38. The van der Waals surface area contributed by atoms with Crippen molar-refractivity contribution in [1.29, 1.82) is 0 Å². The molecule has 0 heterocycles. The van der Waals surface area contributed by atoms with Crippen molar-refractivity contribution in [3.05, 3.63) is 0 Å². The van der Waals surface area contributed by atoms with E-state index in [1.165, 1.54) is 6.42 Å². The lowest BCUT2D eigenvalue weighted by molar-refractivity contribution is 0.366. The van der Waals surface area contributed by atoms with Crippen LogP contribution in [0.3, 0.4) is 0 Å². The highest BCUT2D eigenvalue weighted by Gasteiger charge is 1.77. The maximum absolute atomic E-state index is 7.23. The molecule has 0 saturated carbocycles. The molecule has 9 N–H and O–H groups in total. The van der Waals surface area contributed by atoms with Gasteiger partial charge in [0.1, 0.15) is 0 Å². The molecule has 0 aromatic carbocycles. The summed E-state index contributed by atoms with van der Waals surface area (Å²) in [7, 11) is -7.86. The Morgan fingerprint density at radius 1 is 0.533 bits per heavy atom.